The van der Waals surface area contributed by atoms with Crippen LogP contribution in [0.25, 0.3) is 0 Å². The summed E-state index contributed by atoms with van der Waals surface area (Å²) in [6.07, 6.45) is 0. The van der Waals surface area contributed by atoms with Crippen LogP contribution in [-0.4, -0.2) is 29.6 Å². The molecule has 2 nitrogen and oxygen atoms in total. The maximum atomic E-state index is 14.1. The van der Waals surface area contributed by atoms with Crippen molar-refractivity contribution < 1.29 is 39.3 Å². The van der Waals surface area contributed by atoms with Gasteiger partial charge in [-0.05, 0) is 60.2 Å². The van der Waals surface area contributed by atoms with E-state index in [1.54, 1.807) is 0 Å². The van der Waals surface area contributed by atoms with E-state index in [9.17, 15) is 17.6 Å². The Balaban J connectivity index is 0.000000762. The molecular formula is C32H52F4N2Si2Ti. The number of benzene rings is 2. The zero-order valence-corrected chi connectivity index (χ0v) is 31.3. The Labute approximate surface area is 265 Å². The van der Waals surface area contributed by atoms with Crippen molar-refractivity contribution in [2.45, 2.75) is 106 Å². The molecule has 0 aliphatic heterocycles. The van der Waals surface area contributed by atoms with Crippen LogP contribution >= 0.6 is 0 Å². The van der Waals surface area contributed by atoms with Crippen molar-refractivity contribution in [3.63, 3.8) is 0 Å². The predicted octanol–water partition coefficient (Wildman–Crippen LogP) is 10.5. The summed E-state index contributed by atoms with van der Waals surface area (Å²) in [7, 11) is -3.92. The van der Waals surface area contributed by atoms with E-state index in [-0.39, 0.29) is 31.8 Å². The van der Waals surface area contributed by atoms with E-state index in [2.05, 4.69) is 103 Å². The molecule has 0 radical (unpaired) electrons. The van der Waals surface area contributed by atoms with Gasteiger partial charge in [0.2, 0.25) is 0 Å². The minimum absolute atomic E-state index is 0. The van der Waals surface area contributed by atoms with Crippen molar-refractivity contribution in [3.05, 3.63) is 59.7 Å². The molecule has 0 aliphatic carbocycles. The second-order valence-corrected chi connectivity index (χ2v) is 23.3. The largest absolute Gasteiger partial charge is 2.00 e. The normalized spacial score (nSPS) is 12.6. The standard InChI is InChI=1S/2C16H26F2NSi.Ti/c2*1-8-19(15-10-9-13(17)11-14(15)18)20(6,7)16(4,5)12(2)3;/h2*9-10,12H,8H2,1-7H3;/q2*-1;+2. The summed E-state index contributed by atoms with van der Waals surface area (Å²) in [5.74, 6) is -1.50. The van der Waals surface area contributed by atoms with E-state index >= 15 is 0 Å². The third-order valence-electron chi connectivity index (χ3n) is 10.3. The van der Waals surface area contributed by atoms with Crippen LogP contribution in [0.2, 0.25) is 36.3 Å². The van der Waals surface area contributed by atoms with Crippen LogP contribution in [0.3, 0.4) is 0 Å². The molecule has 9 heteroatoms. The first-order valence-corrected chi connectivity index (χ1v) is 20.3. The smallest absolute Gasteiger partial charge is 0.449 e. The summed E-state index contributed by atoms with van der Waals surface area (Å²) in [5, 5.41) is 0.202. The van der Waals surface area contributed by atoms with Crippen LogP contribution in [0.15, 0.2) is 24.3 Å². The third kappa shape index (κ3) is 8.51. The minimum Gasteiger partial charge on any atom is -0.449 e. The van der Waals surface area contributed by atoms with Crippen LogP contribution in [-0.2, 0) is 21.7 Å². The van der Waals surface area contributed by atoms with E-state index in [4.69, 9.17) is 0 Å². The van der Waals surface area contributed by atoms with Crippen LogP contribution in [0.1, 0.15) is 69.2 Å². The van der Waals surface area contributed by atoms with E-state index in [0.717, 1.165) is 0 Å². The van der Waals surface area contributed by atoms with Gasteiger partial charge in [0.15, 0.2) is 0 Å². The van der Waals surface area contributed by atoms with Crippen molar-refractivity contribution in [1.29, 1.82) is 0 Å². The molecule has 0 spiro atoms. The van der Waals surface area contributed by atoms with Gasteiger partial charge in [0.05, 0.1) is 0 Å². The van der Waals surface area contributed by atoms with E-state index in [1.807, 2.05) is 13.8 Å². The Kier molecular flexibility index (Phi) is 14.7. The topological polar surface area (TPSA) is 6.48 Å². The van der Waals surface area contributed by atoms with E-state index < -0.39 is 39.7 Å². The summed E-state index contributed by atoms with van der Waals surface area (Å²) in [6, 6.07) is 9.95. The van der Waals surface area contributed by atoms with Crippen molar-refractivity contribution in [2.75, 3.05) is 22.2 Å². The zero-order valence-electron chi connectivity index (χ0n) is 27.8. The molecule has 0 aromatic heterocycles. The molecule has 0 saturated carbocycles. The average molecular weight is 645 g/mol. The van der Waals surface area contributed by atoms with Crippen molar-refractivity contribution in [2.24, 2.45) is 11.8 Å². The van der Waals surface area contributed by atoms with Crippen LogP contribution < -0.4 is 9.13 Å². The monoisotopic (exact) mass is 644 g/mol. The maximum absolute atomic E-state index is 14.1. The molecule has 0 unspecified atom stereocenters. The summed E-state index contributed by atoms with van der Waals surface area (Å²) in [6.45, 7) is 32.3. The first-order valence-electron chi connectivity index (χ1n) is 14.4. The SMILES string of the molecule is CCN(c1ccc(F)[c-]c1F)[Si](C)(C)C(C)(C)C(C)C.CCN(c1ccc(F)[c-]c1F)[Si](C)(C)C(C)(C)C(C)C.[Ti+2]. The molecule has 41 heavy (non-hydrogen) atoms. The van der Waals surface area contributed by atoms with Crippen LogP contribution in [0.5, 0.6) is 0 Å². The summed E-state index contributed by atoms with van der Waals surface area (Å²) < 4.78 is 58.6. The van der Waals surface area contributed by atoms with Crippen LogP contribution in [0, 0.1) is 47.2 Å². The van der Waals surface area contributed by atoms with Crippen molar-refractivity contribution >= 4 is 27.8 Å². The molecule has 0 amide bonds. The number of halogens is 4. The maximum Gasteiger partial charge on any atom is 2.00 e. The fraction of sp³-hybridized carbons (Fsp3) is 0.625. The quantitative estimate of drug-likeness (QED) is 0.144. The van der Waals surface area contributed by atoms with Gasteiger partial charge in [0.1, 0.15) is 16.5 Å². The Hall–Kier alpha value is -1.09. The molecule has 0 atom stereocenters. The number of hydrogen-bond acceptors (Lipinski definition) is 2. The number of nitrogens with zero attached hydrogens (tertiary/aromatic N) is 2. The molecule has 0 bridgehead atoms. The average Bonchev–Trinajstić information content (AvgIpc) is 2.82. The van der Waals surface area contributed by atoms with Gasteiger partial charge in [-0.15, -0.1) is 36.4 Å². The Morgan fingerprint density at radius 2 is 0.902 bits per heavy atom. The van der Waals surface area contributed by atoms with Crippen molar-refractivity contribution in [1.82, 2.24) is 0 Å². The summed E-state index contributed by atoms with van der Waals surface area (Å²) in [4.78, 5) is 0. The van der Waals surface area contributed by atoms with Gasteiger partial charge >= 0.3 is 21.7 Å². The molecule has 2 rings (SSSR count). The van der Waals surface area contributed by atoms with E-state index in [1.165, 1.54) is 24.3 Å². The zero-order chi connectivity index (χ0) is 31.4. The van der Waals surface area contributed by atoms with Gasteiger partial charge in [-0.1, -0.05) is 81.6 Å². The molecule has 0 heterocycles. The third-order valence-corrected chi connectivity index (χ3v) is 21.6. The first-order chi connectivity index (χ1) is 18.1. The van der Waals surface area contributed by atoms with Crippen LogP contribution in [0.4, 0.5) is 28.9 Å². The molecule has 230 valence electrons. The Bertz CT molecular complexity index is 1030. The second-order valence-electron chi connectivity index (χ2n) is 13.4. The first kappa shape index (κ1) is 39.9. The molecule has 0 saturated heterocycles. The second kappa shape index (κ2) is 15.1. The molecule has 2 aromatic carbocycles. The Morgan fingerprint density at radius 1 is 0.634 bits per heavy atom. The molecular weight excluding hydrogens is 592 g/mol. The molecule has 0 aliphatic rings. The van der Waals surface area contributed by atoms with E-state index in [0.29, 0.717) is 36.3 Å². The summed E-state index contributed by atoms with van der Waals surface area (Å²) >= 11 is 0. The predicted molar refractivity (Wildman–Crippen MR) is 169 cm³/mol. The van der Waals surface area contributed by atoms with Gasteiger partial charge in [-0.25, -0.2) is 17.6 Å². The Morgan fingerprint density at radius 3 is 1.10 bits per heavy atom. The van der Waals surface area contributed by atoms with Gasteiger partial charge in [0, 0.05) is 23.3 Å². The number of rotatable bonds is 10. The summed E-state index contributed by atoms with van der Waals surface area (Å²) in [5.41, 5.74) is 0.943. The number of hydrogen-bond donors (Lipinski definition) is 0. The molecule has 0 fully saturated rings. The van der Waals surface area contributed by atoms with Gasteiger partial charge in [-0.3, -0.25) is 0 Å². The number of anilines is 2. The van der Waals surface area contributed by atoms with Gasteiger partial charge in [-0.2, -0.15) is 0 Å². The fourth-order valence-corrected chi connectivity index (χ4v) is 12.5. The fourth-order valence-electron chi connectivity index (χ4n) is 5.13. The molecule has 0 N–H and O–H groups in total. The van der Waals surface area contributed by atoms with Gasteiger partial charge in [0.25, 0.3) is 0 Å². The minimum atomic E-state index is -1.96. The van der Waals surface area contributed by atoms with Gasteiger partial charge < -0.3 is 9.13 Å². The molecule has 2 aromatic rings. The van der Waals surface area contributed by atoms with Crippen molar-refractivity contribution in [3.8, 4) is 0 Å².